The fourth-order valence-corrected chi connectivity index (χ4v) is 4.62. The third-order valence-corrected chi connectivity index (χ3v) is 6.34. The van der Waals surface area contributed by atoms with E-state index in [1.165, 1.54) is 0 Å². The van der Waals surface area contributed by atoms with Crippen molar-refractivity contribution in [2.24, 2.45) is 0 Å². The molecule has 35 heavy (non-hydrogen) atoms. The Morgan fingerprint density at radius 1 is 0.714 bits per heavy atom. The van der Waals surface area contributed by atoms with Gasteiger partial charge in [0.2, 0.25) is 0 Å². The van der Waals surface area contributed by atoms with Gasteiger partial charge in [-0.1, -0.05) is 103 Å². The van der Waals surface area contributed by atoms with Crippen LogP contribution in [-0.2, 0) is 0 Å². The summed E-state index contributed by atoms with van der Waals surface area (Å²) in [4.78, 5) is 13.9. The van der Waals surface area contributed by atoms with Crippen molar-refractivity contribution in [3.05, 3.63) is 137 Å². The van der Waals surface area contributed by atoms with Crippen LogP contribution in [0.2, 0.25) is 0 Å². The Morgan fingerprint density at radius 3 is 1.83 bits per heavy atom. The molecule has 4 heteroatoms. The van der Waals surface area contributed by atoms with Crippen molar-refractivity contribution >= 4 is 18.0 Å². The third-order valence-electron chi connectivity index (χ3n) is 5.96. The van der Waals surface area contributed by atoms with E-state index < -0.39 is 0 Å². The summed E-state index contributed by atoms with van der Waals surface area (Å²) in [6.07, 6.45) is 0. The Bertz CT molecular complexity index is 1530. The zero-order valence-corrected chi connectivity index (χ0v) is 20.0. The first kappa shape index (κ1) is 22.5. The van der Waals surface area contributed by atoms with Gasteiger partial charge in [0.25, 0.3) is 0 Å². The van der Waals surface area contributed by atoms with Crippen molar-refractivity contribution in [3.8, 4) is 33.8 Å². The quantitative estimate of drug-likeness (QED) is 0.186. The van der Waals surface area contributed by atoms with Crippen LogP contribution in [-0.4, -0.2) is 17.5 Å². The van der Waals surface area contributed by atoms with Gasteiger partial charge in [0.1, 0.15) is 10.4 Å². The second-order valence-corrected chi connectivity index (χ2v) is 8.47. The Morgan fingerprint density at radius 2 is 1.26 bits per heavy atom. The monoisotopic (exact) mass is 473 g/mol. The van der Waals surface area contributed by atoms with E-state index in [0.717, 1.165) is 33.8 Å². The van der Waals surface area contributed by atoms with E-state index >= 15 is 0 Å². The number of ketones is 1. The first-order chi connectivity index (χ1) is 17.2. The molecule has 0 aliphatic carbocycles. The molecule has 0 fully saturated rings. The molecule has 0 saturated carbocycles. The molecule has 1 heterocycles. The lowest BCUT2D eigenvalue weighted by Gasteiger charge is -2.20. The van der Waals surface area contributed by atoms with Crippen LogP contribution in [0.5, 0.6) is 5.75 Å². The van der Waals surface area contributed by atoms with Crippen LogP contribution in [0.25, 0.3) is 28.1 Å². The predicted molar refractivity (Wildman–Crippen MR) is 144 cm³/mol. The van der Waals surface area contributed by atoms with Gasteiger partial charge in [0, 0.05) is 11.3 Å². The molecule has 0 amide bonds. The molecular weight excluding hydrogens is 450 g/mol. The number of rotatable bonds is 6. The van der Waals surface area contributed by atoms with Crippen molar-refractivity contribution in [2.75, 3.05) is 7.11 Å². The maximum absolute atomic E-state index is 13.9. The minimum Gasteiger partial charge on any atom is -0.497 e. The number of ether oxygens (including phenoxy) is 1. The van der Waals surface area contributed by atoms with Gasteiger partial charge in [-0.15, -0.1) is 0 Å². The molecule has 0 unspecified atom stereocenters. The summed E-state index contributed by atoms with van der Waals surface area (Å²) in [7, 11) is 1.64. The van der Waals surface area contributed by atoms with Gasteiger partial charge in [0.05, 0.1) is 18.4 Å². The molecule has 0 bridgehead atoms. The molecule has 3 nitrogen and oxygen atoms in total. The van der Waals surface area contributed by atoms with Crippen molar-refractivity contribution < 1.29 is 9.53 Å². The van der Waals surface area contributed by atoms with E-state index in [1.807, 2.05) is 108 Å². The fraction of sp³-hybridized carbons (Fsp3) is 0.0323. The Balaban J connectivity index is 1.87. The van der Waals surface area contributed by atoms with Crippen molar-refractivity contribution in [3.63, 3.8) is 0 Å². The Kier molecular flexibility index (Phi) is 6.38. The van der Waals surface area contributed by atoms with Gasteiger partial charge < -0.3 is 9.30 Å². The molecule has 5 rings (SSSR count). The van der Waals surface area contributed by atoms with Gasteiger partial charge in [-0.3, -0.25) is 4.79 Å². The molecule has 0 spiro atoms. The number of carbonyl (C=O) groups is 1. The van der Waals surface area contributed by atoms with Crippen molar-refractivity contribution in [2.45, 2.75) is 0 Å². The first-order valence-corrected chi connectivity index (χ1v) is 11.7. The summed E-state index contributed by atoms with van der Waals surface area (Å²) in [5, 5.41) is 0. The molecule has 0 aliphatic heterocycles. The summed E-state index contributed by atoms with van der Waals surface area (Å²) in [5.41, 5.74) is 5.63. The van der Waals surface area contributed by atoms with E-state index in [1.54, 1.807) is 7.11 Å². The number of hydrogen-bond acceptors (Lipinski definition) is 3. The predicted octanol–water partition coefficient (Wildman–Crippen LogP) is 7.78. The highest BCUT2D eigenvalue weighted by atomic mass is 32.1. The average Bonchev–Trinajstić information content (AvgIpc) is 2.93. The summed E-state index contributed by atoms with van der Waals surface area (Å²) >= 11 is 6.10. The number of pyridine rings is 1. The molecule has 0 N–H and O–H groups in total. The second-order valence-electron chi connectivity index (χ2n) is 8.08. The molecule has 0 saturated heterocycles. The van der Waals surface area contributed by atoms with Crippen LogP contribution >= 0.6 is 12.2 Å². The fourth-order valence-electron chi connectivity index (χ4n) is 4.22. The third kappa shape index (κ3) is 4.44. The normalized spacial score (nSPS) is 10.7. The minimum absolute atomic E-state index is 0.101. The Hall–Kier alpha value is -4.28. The smallest absolute Gasteiger partial charge is 0.196 e. The summed E-state index contributed by atoms with van der Waals surface area (Å²) in [6.45, 7) is 0. The highest BCUT2D eigenvalue weighted by Crippen LogP contribution is 2.34. The van der Waals surface area contributed by atoms with E-state index in [0.29, 0.717) is 15.8 Å². The lowest BCUT2D eigenvalue weighted by Crippen LogP contribution is -2.12. The summed E-state index contributed by atoms with van der Waals surface area (Å²) < 4.78 is 7.80. The SMILES string of the molecule is COc1ccc(-n2c(-c3ccccc3)cc(-c3ccccc3)c(C(=O)c3ccccc3)c2=S)cc1. The van der Waals surface area contributed by atoms with Crippen LogP contribution in [0.4, 0.5) is 0 Å². The van der Waals surface area contributed by atoms with Crippen LogP contribution in [0.1, 0.15) is 15.9 Å². The second kappa shape index (κ2) is 9.92. The topological polar surface area (TPSA) is 31.2 Å². The largest absolute Gasteiger partial charge is 0.497 e. The number of nitrogens with zero attached hydrogens (tertiary/aromatic N) is 1. The molecule has 4 aromatic carbocycles. The highest BCUT2D eigenvalue weighted by Gasteiger charge is 2.22. The van der Waals surface area contributed by atoms with Gasteiger partial charge >= 0.3 is 0 Å². The van der Waals surface area contributed by atoms with Gasteiger partial charge in [-0.2, -0.15) is 0 Å². The van der Waals surface area contributed by atoms with Gasteiger partial charge in [0.15, 0.2) is 5.78 Å². The molecule has 0 aliphatic rings. The highest BCUT2D eigenvalue weighted by molar-refractivity contribution is 7.71. The zero-order valence-electron chi connectivity index (χ0n) is 19.2. The number of benzene rings is 4. The van der Waals surface area contributed by atoms with Crippen LogP contribution in [0.3, 0.4) is 0 Å². The van der Waals surface area contributed by atoms with Crippen LogP contribution < -0.4 is 4.74 Å². The van der Waals surface area contributed by atoms with Crippen molar-refractivity contribution in [1.29, 1.82) is 0 Å². The van der Waals surface area contributed by atoms with Gasteiger partial charge in [-0.05, 0) is 47.0 Å². The zero-order chi connectivity index (χ0) is 24.2. The summed E-state index contributed by atoms with van der Waals surface area (Å²) in [5.74, 6) is 0.652. The molecule has 5 aromatic rings. The van der Waals surface area contributed by atoms with E-state index in [9.17, 15) is 4.79 Å². The molecular formula is C31H23NO2S. The van der Waals surface area contributed by atoms with Crippen LogP contribution in [0, 0.1) is 4.64 Å². The number of methoxy groups -OCH3 is 1. The molecule has 0 radical (unpaired) electrons. The maximum atomic E-state index is 13.9. The number of aromatic nitrogens is 1. The Labute approximate surface area is 209 Å². The molecule has 0 atom stereocenters. The number of carbonyl (C=O) groups excluding carboxylic acids is 1. The lowest BCUT2D eigenvalue weighted by atomic mass is 9.93. The lowest BCUT2D eigenvalue weighted by molar-refractivity contribution is 0.103. The first-order valence-electron chi connectivity index (χ1n) is 11.3. The summed E-state index contributed by atoms with van der Waals surface area (Å²) in [6, 6.07) is 39.1. The standard InChI is InChI=1S/C31H23NO2S/c1-34-26-19-17-25(18-20-26)32-28(23-13-7-3-8-14-23)21-27(22-11-5-2-6-12-22)29(31(32)35)30(33)24-15-9-4-10-16-24/h2-21H,1H3. The maximum Gasteiger partial charge on any atom is 0.196 e. The molecule has 1 aromatic heterocycles. The van der Waals surface area contributed by atoms with E-state index in [4.69, 9.17) is 17.0 Å². The molecule has 170 valence electrons. The van der Waals surface area contributed by atoms with Crippen LogP contribution in [0.15, 0.2) is 121 Å². The minimum atomic E-state index is -0.101. The number of hydrogen-bond donors (Lipinski definition) is 0. The van der Waals surface area contributed by atoms with E-state index in [2.05, 4.69) is 18.2 Å². The van der Waals surface area contributed by atoms with Gasteiger partial charge in [-0.25, -0.2) is 0 Å². The average molecular weight is 474 g/mol. The van der Waals surface area contributed by atoms with Crippen molar-refractivity contribution in [1.82, 2.24) is 4.57 Å². The van der Waals surface area contributed by atoms with E-state index in [-0.39, 0.29) is 5.78 Å².